The third-order valence-corrected chi connectivity index (χ3v) is 7.69. The number of ether oxygens (including phenoxy) is 2. The summed E-state index contributed by atoms with van der Waals surface area (Å²) < 4.78 is 11.2. The van der Waals surface area contributed by atoms with Gasteiger partial charge in [-0.1, -0.05) is 13.8 Å². The van der Waals surface area contributed by atoms with Crippen LogP contribution in [-0.4, -0.2) is 111 Å². The van der Waals surface area contributed by atoms with Crippen LogP contribution in [-0.2, 0) is 9.47 Å². The summed E-state index contributed by atoms with van der Waals surface area (Å²) in [6.45, 7) is 17.0. The summed E-state index contributed by atoms with van der Waals surface area (Å²) in [5.74, 6) is 4.06. The average molecular weight is 570 g/mol. The Morgan fingerprint density at radius 3 is 2.32 bits per heavy atom. The summed E-state index contributed by atoms with van der Waals surface area (Å²) in [5, 5.41) is 7.16. The molecule has 9 heteroatoms. The molecule has 182 valence electrons. The largest absolute Gasteiger partial charge is 0.379 e. The van der Waals surface area contributed by atoms with Crippen LogP contribution in [0.5, 0.6) is 0 Å². The summed E-state index contributed by atoms with van der Waals surface area (Å²) in [4.78, 5) is 10.3. The Morgan fingerprint density at radius 2 is 1.74 bits per heavy atom. The summed E-state index contributed by atoms with van der Waals surface area (Å²) in [7, 11) is 0. The highest BCUT2D eigenvalue weighted by atomic mass is 127. The third-order valence-electron chi connectivity index (χ3n) is 6.45. The number of hydrogen-bond donors (Lipinski definition) is 2. The normalized spacial score (nSPS) is 27.2. The Morgan fingerprint density at radius 1 is 1.06 bits per heavy atom. The molecule has 0 radical (unpaired) electrons. The predicted octanol–water partition coefficient (Wildman–Crippen LogP) is 2.11. The van der Waals surface area contributed by atoms with Crippen LogP contribution in [0.2, 0.25) is 0 Å². The van der Waals surface area contributed by atoms with Crippen LogP contribution in [0.3, 0.4) is 0 Å². The van der Waals surface area contributed by atoms with Crippen LogP contribution < -0.4 is 10.6 Å². The second-order valence-corrected chi connectivity index (χ2v) is 10.2. The highest BCUT2D eigenvalue weighted by Crippen LogP contribution is 2.34. The highest BCUT2D eigenvalue weighted by molar-refractivity contribution is 14.0. The van der Waals surface area contributed by atoms with Crippen molar-refractivity contribution in [3.63, 3.8) is 0 Å². The Balaban J connectivity index is 0.00000341. The molecule has 2 N–H and O–H groups in total. The van der Waals surface area contributed by atoms with Gasteiger partial charge >= 0.3 is 0 Å². The van der Waals surface area contributed by atoms with E-state index in [0.29, 0.717) is 12.0 Å². The quantitative estimate of drug-likeness (QED) is 0.251. The standard InChI is InChI=1S/C22H43N5O2S.HI/c1-4-23-21(24-16-20(15-19(2)3)26-6-10-28-11-7-26)25-17-22(5-14-30-18-22)27-8-12-29-13-9-27;/h19-20H,4-18H2,1-3H3,(H2,23,24,25);1H. The van der Waals surface area contributed by atoms with E-state index < -0.39 is 0 Å². The van der Waals surface area contributed by atoms with Crippen molar-refractivity contribution < 1.29 is 9.47 Å². The van der Waals surface area contributed by atoms with Crippen LogP contribution in [0, 0.1) is 5.92 Å². The van der Waals surface area contributed by atoms with E-state index in [2.05, 4.69) is 53.0 Å². The van der Waals surface area contributed by atoms with Gasteiger partial charge in [0.25, 0.3) is 0 Å². The molecule has 0 aromatic heterocycles. The number of aliphatic imine (C=N–C) groups is 1. The first kappa shape index (κ1) is 27.4. The van der Waals surface area contributed by atoms with E-state index in [1.165, 1.54) is 24.3 Å². The van der Waals surface area contributed by atoms with E-state index in [-0.39, 0.29) is 29.5 Å². The molecule has 2 atom stereocenters. The summed E-state index contributed by atoms with van der Waals surface area (Å²) >= 11 is 2.07. The van der Waals surface area contributed by atoms with Gasteiger partial charge in [0.2, 0.25) is 0 Å². The number of nitrogens with zero attached hydrogens (tertiary/aromatic N) is 3. The molecule has 0 aromatic rings. The first-order valence-electron chi connectivity index (χ1n) is 11.9. The molecule has 3 aliphatic heterocycles. The Labute approximate surface area is 210 Å². The van der Waals surface area contributed by atoms with Gasteiger partial charge in [-0.3, -0.25) is 14.8 Å². The van der Waals surface area contributed by atoms with Crippen molar-refractivity contribution in [1.82, 2.24) is 20.4 Å². The molecular formula is C22H44IN5O2S. The van der Waals surface area contributed by atoms with Crippen molar-refractivity contribution in [2.45, 2.75) is 45.2 Å². The topological polar surface area (TPSA) is 61.4 Å². The van der Waals surface area contributed by atoms with E-state index in [1.807, 2.05) is 0 Å². The van der Waals surface area contributed by atoms with Gasteiger partial charge in [-0.05, 0) is 31.4 Å². The van der Waals surface area contributed by atoms with Gasteiger partial charge in [0.05, 0.1) is 38.5 Å². The maximum absolute atomic E-state index is 5.60. The van der Waals surface area contributed by atoms with Gasteiger partial charge in [0.15, 0.2) is 5.96 Å². The van der Waals surface area contributed by atoms with Crippen LogP contribution in [0.25, 0.3) is 0 Å². The number of guanidine groups is 1. The summed E-state index contributed by atoms with van der Waals surface area (Å²) in [6, 6.07) is 0.521. The van der Waals surface area contributed by atoms with Crippen molar-refractivity contribution in [1.29, 1.82) is 0 Å². The zero-order valence-electron chi connectivity index (χ0n) is 19.7. The molecule has 2 unspecified atom stereocenters. The first-order chi connectivity index (χ1) is 14.6. The lowest BCUT2D eigenvalue weighted by molar-refractivity contribution is -0.0104. The smallest absolute Gasteiger partial charge is 0.191 e. The van der Waals surface area contributed by atoms with Crippen molar-refractivity contribution in [3.05, 3.63) is 0 Å². The molecule has 7 nitrogen and oxygen atoms in total. The molecule has 31 heavy (non-hydrogen) atoms. The maximum Gasteiger partial charge on any atom is 0.191 e. The number of halogens is 1. The van der Waals surface area contributed by atoms with Crippen molar-refractivity contribution in [2.75, 3.05) is 83.7 Å². The van der Waals surface area contributed by atoms with Crippen molar-refractivity contribution in [3.8, 4) is 0 Å². The van der Waals surface area contributed by atoms with E-state index in [0.717, 1.165) is 78.2 Å². The molecule has 0 aliphatic carbocycles. The van der Waals surface area contributed by atoms with Crippen LogP contribution in [0.1, 0.15) is 33.6 Å². The molecule has 0 amide bonds. The lowest BCUT2D eigenvalue weighted by atomic mass is 9.96. The number of rotatable bonds is 9. The summed E-state index contributed by atoms with van der Waals surface area (Å²) in [6.07, 6.45) is 2.42. The number of hydrogen-bond acceptors (Lipinski definition) is 6. The zero-order chi connectivity index (χ0) is 21.2. The Bertz CT molecular complexity index is 522. The van der Waals surface area contributed by atoms with E-state index in [1.54, 1.807) is 0 Å². The average Bonchev–Trinajstić information content (AvgIpc) is 3.26. The molecular weight excluding hydrogens is 525 g/mol. The fourth-order valence-electron chi connectivity index (χ4n) is 4.74. The number of nitrogens with one attached hydrogen (secondary N) is 2. The fraction of sp³-hybridized carbons (Fsp3) is 0.955. The lowest BCUT2D eigenvalue weighted by Gasteiger charge is -2.42. The minimum atomic E-state index is 0. The molecule has 3 aliphatic rings. The minimum absolute atomic E-state index is 0. The monoisotopic (exact) mass is 569 g/mol. The van der Waals surface area contributed by atoms with Crippen molar-refractivity contribution >= 4 is 41.7 Å². The molecule has 3 rings (SSSR count). The Hall–Kier alpha value is 0.190. The number of thioether (sulfide) groups is 1. The van der Waals surface area contributed by atoms with E-state index >= 15 is 0 Å². The molecule has 0 aromatic carbocycles. The SMILES string of the molecule is CCNC(=NCC1(N2CCOCC2)CCSC1)NCC(CC(C)C)N1CCOCC1.I. The summed E-state index contributed by atoms with van der Waals surface area (Å²) in [5.41, 5.74) is 0.193. The van der Waals surface area contributed by atoms with Crippen LogP contribution in [0.4, 0.5) is 0 Å². The molecule has 0 spiro atoms. The van der Waals surface area contributed by atoms with Gasteiger partial charge in [-0.25, -0.2) is 0 Å². The van der Waals surface area contributed by atoms with Gasteiger partial charge in [-0.15, -0.1) is 24.0 Å². The molecule has 0 bridgehead atoms. The third kappa shape index (κ3) is 8.48. The highest BCUT2D eigenvalue weighted by Gasteiger charge is 2.40. The molecule has 3 saturated heterocycles. The lowest BCUT2D eigenvalue weighted by Crippen LogP contribution is -2.56. The van der Waals surface area contributed by atoms with Gasteiger partial charge < -0.3 is 20.1 Å². The first-order valence-corrected chi connectivity index (χ1v) is 13.0. The minimum Gasteiger partial charge on any atom is -0.379 e. The second-order valence-electron chi connectivity index (χ2n) is 9.13. The molecule has 0 saturated carbocycles. The Kier molecular flexibility index (Phi) is 12.8. The predicted molar refractivity (Wildman–Crippen MR) is 142 cm³/mol. The van der Waals surface area contributed by atoms with Gasteiger partial charge in [0, 0.05) is 51.1 Å². The zero-order valence-corrected chi connectivity index (χ0v) is 22.9. The van der Waals surface area contributed by atoms with Crippen LogP contribution >= 0.6 is 35.7 Å². The molecule has 3 fully saturated rings. The van der Waals surface area contributed by atoms with E-state index in [4.69, 9.17) is 14.5 Å². The van der Waals surface area contributed by atoms with Crippen LogP contribution in [0.15, 0.2) is 4.99 Å². The van der Waals surface area contributed by atoms with Crippen molar-refractivity contribution in [2.24, 2.45) is 10.9 Å². The number of morpholine rings is 2. The van der Waals surface area contributed by atoms with Gasteiger partial charge in [-0.2, -0.15) is 11.8 Å². The maximum atomic E-state index is 5.60. The fourth-order valence-corrected chi connectivity index (χ4v) is 6.21. The second kappa shape index (κ2) is 14.5. The van der Waals surface area contributed by atoms with Gasteiger partial charge in [0.1, 0.15) is 0 Å². The van der Waals surface area contributed by atoms with E-state index in [9.17, 15) is 0 Å². The molecule has 3 heterocycles.